The minimum absolute atomic E-state index is 0.195. The first kappa shape index (κ1) is 9.93. The molecule has 0 atom stereocenters. The molecule has 1 heterocycles. The average Bonchev–Trinajstić information content (AvgIpc) is 2.47. The van der Waals surface area contributed by atoms with Crippen LogP contribution in [0.4, 0.5) is 4.39 Å². The van der Waals surface area contributed by atoms with E-state index in [4.69, 9.17) is 4.74 Å². The van der Waals surface area contributed by atoms with Crippen LogP contribution in [0.3, 0.4) is 0 Å². The first-order chi connectivity index (χ1) is 6.74. The lowest BCUT2D eigenvalue weighted by atomic mass is 10.2. The van der Waals surface area contributed by atoms with E-state index >= 15 is 0 Å². The van der Waals surface area contributed by atoms with Crippen molar-refractivity contribution >= 4 is 37.4 Å². The van der Waals surface area contributed by atoms with Crippen LogP contribution in [0.2, 0.25) is 0 Å². The lowest BCUT2D eigenvalue weighted by Crippen LogP contribution is -1.90. The second-order valence-electron chi connectivity index (χ2n) is 2.75. The first-order valence-corrected chi connectivity index (χ1v) is 5.84. The van der Waals surface area contributed by atoms with Crippen LogP contribution in [-0.2, 0) is 0 Å². The molecule has 0 unspecified atom stereocenters. The van der Waals surface area contributed by atoms with Crippen LogP contribution >= 0.6 is 27.3 Å². The number of benzene rings is 1. The lowest BCUT2D eigenvalue weighted by Gasteiger charge is -2.01. The third-order valence-corrected chi connectivity index (χ3v) is 3.70. The summed E-state index contributed by atoms with van der Waals surface area (Å²) in [5, 5.41) is 0.837. The Labute approximate surface area is 93.6 Å². The zero-order chi connectivity index (χ0) is 10.1. The summed E-state index contributed by atoms with van der Waals surface area (Å²) in [5.74, 6) is 0.547. The SMILES string of the molecule is CCOc1c(Br)sc2c(F)cccc12. The Morgan fingerprint density at radius 3 is 3.00 bits per heavy atom. The molecular weight excluding hydrogens is 267 g/mol. The monoisotopic (exact) mass is 274 g/mol. The van der Waals surface area contributed by atoms with Crippen LogP contribution in [0.1, 0.15) is 6.92 Å². The molecule has 0 aliphatic heterocycles. The standard InChI is InChI=1S/C10H8BrFOS/c1-2-13-8-6-4-3-5-7(12)9(6)14-10(8)11/h3-5H,2H2,1H3. The lowest BCUT2D eigenvalue weighted by molar-refractivity contribution is 0.343. The molecule has 74 valence electrons. The number of thiophene rings is 1. The fraction of sp³-hybridized carbons (Fsp3) is 0.200. The molecular formula is C10H8BrFOS. The van der Waals surface area contributed by atoms with Crippen molar-refractivity contribution in [2.75, 3.05) is 6.61 Å². The van der Waals surface area contributed by atoms with Crippen molar-refractivity contribution in [2.24, 2.45) is 0 Å². The highest BCUT2D eigenvalue weighted by molar-refractivity contribution is 9.11. The quantitative estimate of drug-likeness (QED) is 0.798. The third-order valence-electron chi connectivity index (χ3n) is 1.87. The van der Waals surface area contributed by atoms with Gasteiger partial charge in [0.15, 0.2) is 5.75 Å². The zero-order valence-corrected chi connectivity index (χ0v) is 9.91. The number of hydrogen-bond acceptors (Lipinski definition) is 2. The molecule has 1 aromatic carbocycles. The second-order valence-corrected chi connectivity index (χ2v) is 5.09. The molecule has 4 heteroatoms. The van der Waals surface area contributed by atoms with Crippen LogP contribution < -0.4 is 4.74 Å². The summed E-state index contributed by atoms with van der Waals surface area (Å²) in [5.41, 5.74) is 0. The summed E-state index contributed by atoms with van der Waals surface area (Å²) in [4.78, 5) is 0. The van der Waals surface area contributed by atoms with Crippen molar-refractivity contribution in [1.29, 1.82) is 0 Å². The van der Waals surface area contributed by atoms with Crippen LogP contribution in [0, 0.1) is 5.82 Å². The van der Waals surface area contributed by atoms with Gasteiger partial charge < -0.3 is 4.74 Å². The molecule has 0 fully saturated rings. The zero-order valence-electron chi connectivity index (χ0n) is 7.51. The molecule has 0 aliphatic rings. The van der Waals surface area contributed by atoms with Gasteiger partial charge in [-0.15, -0.1) is 11.3 Å². The van der Waals surface area contributed by atoms with Gasteiger partial charge in [-0.05, 0) is 35.0 Å². The van der Waals surface area contributed by atoms with Gasteiger partial charge in [-0.25, -0.2) is 4.39 Å². The topological polar surface area (TPSA) is 9.23 Å². The van der Waals surface area contributed by atoms with E-state index in [9.17, 15) is 4.39 Å². The second kappa shape index (κ2) is 3.87. The maximum Gasteiger partial charge on any atom is 0.152 e. The molecule has 14 heavy (non-hydrogen) atoms. The molecule has 0 radical (unpaired) electrons. The van der Waals surface area contributed by atoms with Crippen molar-refractivity contribution in [2.45, 2.75) is 6.92 Å². The van der Waals surface area contributed by atoms with Gasteiger partial charge in [0, 0.05) is 5.39 Å². The molecule has 2 rings (SSSR count). The summed E-state index contributed by atoms with van der Waals surface area (Å²) in [7, 11) is 0. The molecule has 2 aromatic rings. The van der Waals surface area contributed by atoms with Crippen molar-refractivity contribution in [3.63, 3.8) is 0 Å². The number of hydrogen-bond donors (Lipinski definition) is 0. The minimum atomic E-state index is -0.195. The fourth-order valence-corrected chi connectivity index (χ4v) is 3.00. The van der Waals surface area contributed by atoms with Crippen molar-refractivity contribution < 1.29 is 9.13 Å². The Balaban J connectivity index is 2.70. The smallest absolute Gasteiger partial charge is 0.152 e. The van der Waals surface area contributed by atoms with Crippen LogP contribution in [-0.4, -0.2) is 6.61 Å². The van der Waals surface area contributed by atoms with E-state index < -0.39 is 0 Å². The highest BCUT2D eigenvalue weighted by atomic mass is 79.9. The van der Waals surface area contributed by atoms with Gasteiger partial charge in [-0.3, -0.25) is 0 Å². The molecule has 0 amide bonds. The normalized spacial score (nSPS) is 10.8. The summed E-state index contributed by atoms with van der Waals surface area (Å²) in [6.45, 7) is 2.50. The van der Waals surface area contributed by atoms with Gasteiger partial charge in [0.1, 0.15) is 9.60 Å². The van der Waals surface area contributed by atoms with Gasteiger partial charge in [0.05, 0.1) is 11.3 Å². The predicted molar refractivity (Wildman–Crippen MR) is 60.7 cm³/mol. The number of halogens is 2. The van der Waals surface area contributed by atoms with Crippen LogP contribution in [0.25, 0.3) is 10.1 Å². The molecule has 0 spiro atoms. The molecule has 1 nitrogen and oxygen atoms in total. The van der Waals surface area contributed by atoms with E-state index in [-0.39, 0.29) is 5.82 Å². The molecule has 0 aliphatic carbocycles. The Bertz CT molecular complexity index is 466. The minimum Gasteiger partial charge on any atom is -0.491 e. The Morgan fingerprint density at radius 2 is 2.29 bits per heavy atom. The number of ether oxygens (including phenoxy) is 1. The Kier molecular flexibility index (Phi) is 2.74. The van der Waals surface area contributed by atoms with Crippen molar-refractivity contribution in [3.8, 4) is 5.75 Å². The van der Waals surface area contributed by atoms with Gasteiger partial charge in [0.2, 0.25) is 0 Å². The van der Waals surface area contributed by atoms with Gasteiger partial charge in [-0.1, -0.05) is 6.07 Å². The van der Waals surface area contributed by atoms with Crippen molar-refractivity contribution in [1.82, 2.24) is 0 Å². The Hall–Kier alpha value is -0.610. The van der Waals surface area contributed by atoms with Crippen LogP contribution in [0.5, 0.6) is 5.75 Å². The van der Waals surface area contributed by atoms with Crippen molar-refractivity contribution in [3.05, 3.63) is 27.8 Å². The summed E-state index contributed by atoms with van der Waals surface area (Å²) in [6.07, 6.45) is 0. The van der Waals surface area contributed by atoms with E-state index in [0.717, 1.165) is 14.9 Å². The number of fused-ring (bicyclic) bond motifs is 1. The maximum absolute atomic E-state index is 13.4. The van der Waals surface area contributed by atoms with E-state index in [1.807, 2.05) is 13.0 Å². The number of rotatable bonds is 2. The third kappa shape index (κ3) is 1.53. The summed E-state index contributed by atoms with van der Waals surface area (Å²) < 4.78 is 20.3. The fourth-order valence-electron chi connectivity index (χ4n) is 1.31. The maximum atomic E-state index is 13.4. The van der Waals surface area contributed by atoms with Gasteiger partial charge in [-0.2, -0.15) is 0 Å². The highest BCUT2D eigenvalue weighted by Gasteiger charge is 2.13. The van der Waals surface area contributed by atoms with Crippen LogP contribution in [0.15, 0.2) is 22.0 Å². The van der Waals surface area contributed by atoms with E-state index in [0.29, 0.717) is 11.3 Å². The first-order valence-electron chi connectivity index (χ1n) is 4.23. The molecule has 0 saturated carbocycles. The van der Waals surface area contributed by atoms with E-state index in [2.05, 4.69) is 15.9 Å². The molecule has 0 saturated heterocycles. The molecule has 1 aromatic heterocycles. The summed E-state index contributed by atoms with van der Waals surface area (Å²) in [6, 6.07) is 5.02. The predicted octanol–water partition coefficient (Wildman–Crippen LogP) is 4.20. The molecule has 0 bridgehead atoms. The Morgan fingerprint density at radius 1 is 1.50 bits per heavy atom. The van der Waals surface area contributed by atoms with Gasteiger partial charge >= 0.3 is 0 Å². The highest BCUT2D eigenvalue weighted by Crippen LogP contribution is 2.42. The van der Waals surface area contributed by atoms with Gasteiger partial charge in [0.25, 0.3) is 0 Å². The molecule has 0 N–H and O–H groups in total. The van der Waals surface area contributed by atoms with E-state index in [1.54, 1.807) is 6.07 Å². The van der Waals surface area contributed by atoms with E-state index in [1.165, 1.54) is 17.4 Å². The average molecular weight is 275 g/mol. The summed E-state index contributed by atoms with van der Waals surface area (Å²) >= 11 is 4.73. The largest absolute Gasteiger partial charge is 0.491 e.